The standard InChI is InChI=1S/C19H19N3OS/c1-12-4-3-5-15(8-12)20-18(23)14-10-22(11-14)19-21-16-7-6-13(2)9-17(16)24-19/h3-9,14H,10-11H2,1-2H3,(H,20,23). The van der Waals surface area contributed by atoms with Crippen LogP contribution >= 0.6 is 11.3 Å². The molecule has 0 bridgehead atoms. The molecule has 3 aromatic rings. The number of thiazole rings is 1. The molecule has 1 aliphatic rings. The van der Waals surface area contributed by atoms with Crippen molar-refractivity contribution in [1.82, 2.24) is 4.98 Å². The van der Waals surface area contributed by atoms with Crippen LogP contribution in [0.4, 0.5) is 10.8 Å². The van der Waals surface area contributed by atoms with E-state index in [1.165, 1.54) is 10.3 Å². The third-order valence-corrected chi connectivity index (χ3v) is 5.42. The van der Waals surface area contributed by atoms with E-state index in [2.05, 4.69) is 40.3 Å². The minimum absolute atomic E-state index is 0.0271. The van der Waals surface area contributed by atoms with Crippen molar-refractivity contribution in [3.63, 3.8) is 0 Å². The molecule has 5 heteroatoms. The average Bonchev–Trinajstić information content (AvgIpc) is 2.88. The van der Waals surface area contributed by atoms with Gasteiger partial charge in [0.25, 0.3) is 0 Å². The number of nitrogens with one attached hydrogen (secondary N) is 1. The molecule has 1 amide bonds. The molecular formula is C19H19N3OS. The van der Waals surface area contributed by atoms with E-state index in [0.717, 1.165) is 35.0 Å². The Morgan fingerprint density at radius 2 is 1.96 bits per heavy atom. The lowest BCUT2D eigenvalue weighted by atomic mass is 10.00. The third kappa shape index (κ3) is 2.87. The highest BCUT2D eigenvalue weighted by atomic mass is 32.1. The summed E-state index contributed by atoms with van der Waals surface area (Å²) in [6.07, 6.45) is 0. The van der Waals surface area contributed by atoms with Gasteiger partial charge in [-0.25, -0.2) is 4.98 Å². The Balaban J connectivity index is 1.40. The number of carbonyl (C=O) groups is 1. The van der Waals surface area contributed by atoms with Gasteiger partial charge in [0, 0.05) is 18.8 Å². The van der Waals surface area contributed by atoms with Gasteiger partial charge in [0.2, 0.25) is 5.91 Å². The van der Waals surface area contributed by atoms with Gasteiger partial charge < -0.3 is 10.2 Å². The van der Waals surface area contributed by atoms with Crippen LogP contribution in [0.2, 0.25) is 0 Å². The van der Waals surface area contributed by atoms with Crippen LogP contribution in [0.5, 0.6) is 0 Å². The first-order valence-corrected chi connectivity index (χ1v) is 8.90. The molecule has 4 rings (SSSR count). The zero-order valence-electron chi connectivity index (χ0n) is 13.7. The maximum absolute atomic E-state index is 12.3. The summed E-state index contributed by atoms with van der Waals surface area (Å²) in [6, 6.07) is 14.2. The Morgan fingerprint density at radius 1 is 1.17 bits per heavy atom. The van der Waals surface area contributed by atoms with Gasteiger partial charge in [-0.15, -0.1) is 0 Å². The number of carbonyl (C=O) groups excluding carboxylic acids is 1. The Kier molecular flexibility index (Phi) is 3.73. The topological polar surface area (TPSA) is 45.2 Å². The number of rotatable bonds is 3. The molecule has 1 saturated heterocycles. The van der Waals surface area contributed by atoms with Gasteiger partial charge >= 0.3 is 0 Å². The molecule has 0 saturated carbocycles. The summed E-state index contributed by atoms with van der Waals surface area (Å²) in [6.45, 7) is 5.58. The largest absolute Gasteiger partial charge is 0.346 e. The number of amides is 1. The number of hydrogen-bond acceptors (Lipinski definition) is 4. The number of anilines is 2. The van der Waals surface area contributed by atoms with Gasteiger partial charge in [-0.2, -0.15) is 0 Å². The third-order valence-electron chi connectivity index (χ3n) is 4.34. The Morgan fingerprint density at radius 3 is 2.75 bits per heavy atom. The molecule has 1 fully saturated rings. The zero-order chi connectivity index (χ0) is 16.7. The fourth-order valence-corrected chi connectivity index (χ4v) is 4.00. The highest BCUT2D eigenvalue weighted by Crippen LogP contribution is 2.33. The first-order chi connectivity index (χ1) is 11.6. The lowest BCUT2D eigenvalue weighted by molar-refractivity contribution is -0.120. The first-order valence-electron chi connectivity index (χ1n) is 8.08. The summed E-state index contributed by atoms with van der Waals surface area (Å²) >= 11 is 1.70. The predicted molar refractivity (Wildman–Crippen MR) is 99.9 cm³/mol. The van der Waals surface area contributed by atoms with E-state index in [0.29, 0.717) is 0 Å². The van der Waals surface area contributed by atoms with E-state index in [1.54, 1.807) is 11.3 Å². The lowest BCUT2D eigenvalue weighted by Crippen LogP contribution is -2.52. The van der Waals surface area contributed by atoms with Crippen LogP contribution in [0, 0.1) is 19.8 Å². The fourth-order valence-electron chi connectivity index (χ4n) is 2.92. The number of aryl methyl sites for hydroxylation is 2. The summed E-state index contributed by atoms with van der Waals surface area (Å²) in [5.41, 5.74) is 4.30. The number of fused-ring (bicyclic) bond motifs is 1. The summed E-state index contributed by atoms with van der Waals surface area (Å²) in [4.78, 5) is 19.2. The monoisotopic (exact) mass is 337 g/mol. The van der Waals surface area contributed by atoms with Gasteiger partial charge in [0.1, 0.15) is 0 Å². The maximum atomic E-state index is 12.3. The van der Waals surface area contributed by atoms with Crippen LogP contribution in [0.3, 0.4) is 0 Å². The molecule has 1 N–H and O–H groups in total. The second-order valence-electron chi connectivity index (χ2n) is 6.43. The van der Waals surface area contributed by atoms with Crippen LogP contribution in [-0.4, -0.2) is 24.0 Å². The van der Waals surface area contributed by atoms with E-state index in [1.807, 2.05) is 31.2 Å². The number of hydrogen-bond donors (Lipinski definition) is 1. The molecule has 4 nitrogen and oxygen atoms in total. The molecule has 0 unspecified atom stereocenters. The maximum Gasteiger partial charge on any atom is 0.231 e. The van der Waals surface area contributed by atoms with Gasteiger partial charge in [-0.1, -0.05) is 29.5 Å². The second kappa shape index (κ2) is 5.91. The highest BCUT2D eigenvalue weighted by molar-refractivity contribution is 7.22. The van der Waals surface area contributed by atoms with E-state index in [9.17, 15) is 4.79 Å². The van der Waals surface area contributed by atoms with Crippen molar-refractivity contribution in [3.8, 4) is 0 Å². The summed E-state index contributed by atoms with van der Waals surface area (Å²) < 4.78 is 1.21. The van der Waals surface area contributed by atoms with Crippen LogP contribution in [0.1, 0.15) is 11.1 Å². The molecule has 0 atom stereocenters. The summed E-state index contributed by atoms with van der Waals surface area (Å²) in [5.74, 6) is 0.119. The van der Waals surface area contributed by atoms with Gasteiger partial charge in [-0.3, -0.25) is 4.79 Å². The first kappa shape index (κ1) is 15.1. The van der Waals surface area contributed by atoms with Crippen molar-refractivity contribution in [1.29, 1.82) is 0 Å². The van der Waals surface area contributed by atoms with Gasteiger partial charge in [0.05, 0.1) is 16.1 Å². The smallest absolute Gasteiger partial charge is 0.231 e. The predicted octanol–water partition coefficient (Wildman–Crippen LogP) is 3.99. The van der Waals surface area contributed by atoms with Crippen LogP contribution < -0.4 is 10.2 Å². The molecule has 0 radical (unpaired) electrons. The molecule has 122 valence electrons. The van der Waals surface area contributed by atoms with Gasteiger partial charge in [-0.05, 0) is 49.2 Å². The van der Waals surface area contributed by atoms with E-state index >= 15 is 0 Å². The van der Waals surface area contributed by atoms with Crippen molar-refractivity contribution in [3.05, 3.63) is 53.6 Å². The number of nitrogens with zero attached hydrogens (tertiary/aromatic N) is 2. The lowest BCUT2D eigenvalue weighted by Gasteiger charge is -2.37. The normalized spacial score (nSPS) is 14.7. The molecule has 0 spiro atoms. The Hall–Kier alpha value is -2.40. The molecular weight excluding hydrogens is 318 g/mol. The molecule has 2 aromatic carbocycles. The summed E-state index contributed by atoms with van der Waals surface area (Å²) in [7, 11) is 0. The van der Waals surface area contributed by atoms with E-state index in [4.69, 9.17) is 0 Å². The molecule has 0 aliphatic carbocycles. The van der Waals surface area contributed by atoms with Crippen molar-refractivity contribution < 1.29 is 4.79 Å². The zero-order valence-corrected chi connectivity index (χ0v) is 14.6. The molecule has 2 heterocycles. The van der Waals surface area contributed by atoms with Crippen molar-refractivity contribution in [2.24, 2.45) is 5.92 Å². The van der Waals surface area contributed by atoms with E-state index < -0.39 is 0 Å². The minimum Gasteiger partial charge on any atom is -0.346 e. The second-order valence-corrected chi connectivity index (χ2v) is 7.44. The van der Waals surface area contributed by atoms with Crippen molar-refractivity contribution in [2.75, 3.05) is 23.3 Å². The van der Waals surface area contributed by atoms with Crippen LogP contribution in [0.25, 0.3) is 10.2 Å². The van der Waals surface area contributed by atoms with Crippen LogP contribution in [0.15, 0.2) is 42.5 Å². The average molecular weight is 337 g/mol. The highest BCUT2D eigenvalue weighted by Gasteiger charge is 2.34. The Bertz CT molecular complexity index is 912. The molecule has 24 heavy (non-hydrogen) atoms. The van der Waals surface area contributed by atoms with Crippen LogP contribution in [-0.2, 0) is 4.79 Å². The quantitative estimate of drug-likeness (QED) is 0.786. The number of aromatic nitrogens is 1. The molecule has 1 aromatic heterocycles. The summed E-state index contributed by atoms with van der Waals surface area (Å²) in [5, 5.41) is 4.02. The van der Waals surface area contributed by atoms with Crippen molar-refractivity contribution >= 4 is 38.3 Å². The minimum atomic E-state index is 0.0271. The van der Waals surface area contributed by atoms with Gasteiger partial charge in [0.15, 0.2) is 5.13 Å². The Labute approximate surface area is 145 Å². The number of benzene rings is 2. The SMILES string of the molecule is Cc1cccc(NC(=O)C2CN(c3nc4ccc(C)cc4s3)C2)c1. The molecule has 1 aliphatic heterocycles. The van der Waals surface area contributed by atoms with E-state index in [-0.39, 0.29) is 11.8 Å². The fraction of sp³-hybridized carbons (Fsp3) is 0.263. The van der Waals surface area contributed by atoms with Crippen molar-refractivity contribution in [2.45, 2.75) is 13.8 Å².